The predicted molar refractivity (Wildman–Crippen MR) is 89.7 cm³/mol. The van der Waals surface area contributed by atoms with Gasteiger partial charge in [0.05, 0.1) is 6.61 Å². The SMILES string of the molecule is Cc1c(Cc2ccc(OC3OC(CO)C(O)[C@H](O)[C@H]3O)cc2)c(=O)c1=O. The van der Waals surface area contributed by atoms with Crippen LogP contribution in [-0.4, -0.2) is 57.7 Å². The Morgan fingerprint density at radius 3 is 2.23 bits per heavy atom. The second-order valence-electron chi connectivity index (χ2n) is 6.40. The van der Waals surface area contributed by atoms with Gasteiger partial charge < -0.3 is 29.9 Å². The summed E-state index contributed by atoms with van der Waals surface area (Å²) >= 11 is 0. The van der Waals surface area contributed by atoms with E-state index >= 15 is 0 Å². The van der Waals surface area contributed by atoms with E-state index in [2.05, 4.69) is 0 Å². The molecule has 2 aromatic carbocycles. The lowest BCUT2D eigenvalue weighted by Gasteiger charge is -2.39. The van der Waals surface area contributed by atoms with E-state index in [0.717, 1.165) is 5.56 Å². The summed E-state index contributed by atoms with van der Waals surface area (Å²) in [6.07, 6.45) is -6.41. The van der Waals surface area contributed by atoms with E-state index in [1.54, 1.807) is 31.2 Å². The lowest BCUT2D eigenvalue weighted by atomic mass is 9.95. The van der Waals surface area contributed by atoms with Crippen LogP contribution in [0.2, 0.25) is 0 Å². The van der Waals surface area contributed by atoms with E-state index in [4.69, 9.17) is 9.47 Å². The first kappa shape index (κ1) is 18.7. The molecule has 8 nitrogen and oxygen atoms in total. The Morgan fingerprint density at radius 1 is 1.00 bits per heavy atom. The molecule has 3 unspecified atom stereocenters. The lowest BCUT2D eigenvalue weighted by Crippen LogP contribution is -2.60. The van der Waals surface area contributed by atoms with E-state index in [0.29, 0.717) is 23.3 Å². The molecular formula is C18H20O8. The average Bonchev–Trinajstić information content (AvgIpc) is 2.66. The summed E-state index contributed by atoms with van der Waals surface area (Å²) in [4.78, 5) is 22.8. The van der Waals surface area contributed by atoms with Crippen molar-refractivity contribution in [2.75, 3.05) is 6.61 Å². The van der Waals surface area contributed by atoms with Crippen LogP contribution in [0.1, 0.15) is 16.7 Å². The Balaban J connectivity index is 1.67. The number of aliphatic hydroxyl groups excluding tert-OH is 4. The Hall–Kier alpha value is -2.10. The molecule has 1 aliphatic rings. The van der Waals surface area contributed by atoms with Crippen molar-refractivity contribution in [1.29, 1.82) is 0 Å². The second-order valence-corrected chi connectivity index (χ2v) is 6.40. The molecule has 1 heterocycles. The topological polar surface area (TPSA) is 134 Å². The van der Waals surface area contributed by atoms with E-state index in [1.807, 2.05) is 0 Å². The third kappa shape index (κ3) is 3.29. The van der Waals surface area contributed by atoms with E-state index in [9.17, 15) is 30.0 Å². The van der Waals surface area contributed by atoms with Gasteiger partial charge in [-0.2, -0.15) is 0 Å². The average molecular weight is 364 g/mol. The molecule has 0 aromatic heterocycles. The van der Waals surface area contributed by atoms with Crippen molar-refractivity contribution in [2.45, 2.75) is 44.1 Å². The Morgan fingerprint density at radius 2 is 1.65 bits per heavy atom. The van der Waals surface area contributed by atoms with Crippen LogP contribution in [0.4, 0.5) is 0 Å². The van der Waals surface area contributed by atoms with Gasteiger partial charge in [0.15, 0.2) is 0 Å². The predicted octanol–water partition coefficient (Wildman–Crippen LogP) is -1.64. The summed E-state index contributed by atoms with van der Waals surface area (Å²) in [5, 5.41) is 38.6. The standard InChI is InChI=1S/C18H20O8/c1-8-11(14(21)13(8)20)6-9-2-4-10(5-3-9)25-18-17(24)16(23)15(22)12(7-19)26-18/h2-5,12,15-19,22-24H,6-7H2,1H3/t12?,15?,16-,17+,18?/m0/s1. The molecule has 1 saturated heterocycles. The van der Waals surface area contributed by atoms with Gasteiger partial charge in [-0.1, -0.05) is 12.1 Å². The first-order valence-electron chi connectivity index (χ1n) is 8.18. The zero-order chi connectivity index (χ0) is 19.0. The summed E-state index contributed by atoms with van der Waals surface area (Å²) in [5.74, 6) is 0.333. The summed E-state index contributed by atoms with van der Waals surface area (Å²) in [7, 11) is 0. The molecule has 3 rings (SSSR count). The van der Waals surface area contributed by atoms with Gasteiger partial charge in [-0.15, -0.1) is 0 Å². The van der Waals surface area contributed by atoms with E-state index < -0.39 is 48.2 Å². The van der Waals surface area contributed by atoms with Crippen LogP contribution in [-0.2, 0) is 11.2 Å². The van der Waals surface area contributed by atoms with Crippen molar-refractivity contribution >= 4 is 0 Å². The van der Waals surface area contributed by atoms with Gasteiger partial charge in [0.2, 0.25) is 17.1 Å². The number of rotatable bonds is 5. The summed E-state index contributed by atoms with van der Waals surface area (Å²) < 4.78 is 10.8. The maximum Gasteiger partial charge on any atom is 0.229 e. The van der Waals surface area contributed by atoms with Gasteiger partial charge in [0.25, 0.3) is 0 Å². The minimum atomic E-state index is -1.51. The quantitative estimate of drug-likeness (QED) is 0.464. The van der Waals surface area contributed by atoms with Crippen LogP contribution in [0.15, 0.2) is 33.9 Å². The molecule has 0 amide bonds. The molecule has 1 aliphatic heterocycles. The highest BCUT2D eigenvalue weighted by Crippen LogP contribution is 2.24. The van der Waals surface area contributed by atoms with E-state index in [-0.39, 0.29) is 0 Å². The highest BCUT2D eigenvalue weighted by molar-refractivity contribution is 5.37. The zero-order valence-electron chi connectivity index (χ0n) is 14.0. The van der Waals surface area contributed by atoms with Crippen LogP contribution in [0.5, 0.6) is 5.75 Å². The molecular weight excluding hydrogens is 344 g/mol. The van der Waals surface area contributed by atoms with Crippen molar-refractivity contribution in [1.82, 2.24) is 0 Å². The summed E-state index contributed by atoms with van der Waals surface area (Å²) in [6, 6.07) is 6.60. The Kier molecular flexibility index (Phi) is 5.22. The van der Waals surface area contributed by atoms with Gasteiger partial charge >= 0.3 is 0 Å². The Labute approximate surface area is 148 Å². The van der Waals surface area contributed by atoms with Crippen molar-refractivity contribution in [3.8, 4) is 5.75 Å². The normalized spacial score (nSPS) is 29.0. The van der Waals surface area contributed by atoms with Crippen molar-refractivity contribution < 1.29 is 29.9 Å². The molecule has 2 aromatic rings. The number of hydrogen-bond donors (Lipinski definition) is 4. The minimum Gasteiger partial charge on any atom is -0.462 e. The summed E-state index contributed by atoms with van der Waals surface area (Å²) in [6.45, 7) is 1.08. The molecule has 8 heteroatoms. The molecule has 5 atom stereocenters. The summed E-state index contributed by atoms with van der Waals surface area (Å²) in [5.41, 5.74) is 0.891. The molecule has 0 radical (unpaired) electrons. The van der Waals surface area contributed by atoms with Gasteiger partial charge in [-0.25, -0.2) is 0 Å². The smallest absolute Gasteiger partial charge is 0.229 e. The van der Waals surface area contributed by atoms with Crippen LogP contribution < -0.4 is 15.6 Å². The van der Waals surface area contributed by atoms with Gasteiger partial charge in [0, 0.05) is 17.5 Å². The van der Waals surface area contributed by atoms with Crippen molar-refractivity contribution in [3.05, 3.63) is 61.4 Å². The zero-order valence-corrected chi connectivity index (χ0v) is 14.0. The van der Waals surface area contributed by atoms with Gasteiger partial charge in [-0.3, -0.25) is 9.59 Å². The lowest BCUT2D eigenvalue weighted by molar-refractivity contribution is -0.277. The fourth-order valence-corrected chi connectivity index (χ4v) is 2.95. The number of benzene rings is 1. The second kappa shape index (κ2) is 7.26. The van der Waals surface area contributed by atoms with E-state index in [1.165, 1.54) is 0 Å². The fraction of sp³-hybridized carbons (Fsp3) is 0.444. The third-order valence-corrected chi connectivity index (χ3v) is 4.68. The number of hydrogen-bond acceptors (Lipinski definition) is 8. The fourth-order valence-electron chi connectivity index (χ4n) is 2.95. The molecule has 0 spiro atoms. The number of ether oxygens (including phenoxy) is 2. The highest BCUT2D eigenvalue weighted by Gasteiger charge is 2.44. The molecule has 26 heavy (non-hydrogen) atoms. The number of aliphatic hydroxyl groups is 4. The van der Waals surface area contributed by atoms with Gasteiger partial charge in [-0.05, 0) is 24.6 Å². The maximum absolute atomic E-state index is 11.5. The minimum absolute atomic E-state index is 0.333. The van der Waals surface area contributed by atoms with Crippen LogP contribution in [0.3, 0.4) is 0 Å². The first-order valence-corrected chi connectivity index (χ1v) is 8.18. The molecule has 0 aliphatic carbocycles. The molecule has 4 N–H and O–H groups in total. The van der Waals surface area contributed by atoms with Crippen LogP contribution in [0, 0.1) is 6.92 Å². The maximum atomic E-state index is 11.5. The third-order valence-electron chi connectivity index (χ3n) is 4.68. The van der Waals surface area contributed by atoms with Crippen LogP contribution in [0.25, 0.3) is 0 Å². The molecule has 1 fully saturated rings. The Bertz CT molecular complexity index is 834. The van der Waals surface area contributed by atoms with Crippen LogP contribution >= 0.6 is 0 Å². The monoisotopic (exact) mass is 364 g/mol. The van der Waals surface area contributed by atoms with Gasteiger partial charge in [0.1, 0.15) is 30.2 Å². The highest BCUT2D eigenvalue weighted by atomic mass is 16.7. The van der Waals surface area contributed by atoms with Crippen molar-refractivity contribution in [2.24, 2.45) is 0 Å². The largest absolute Gasteiger partial charge is 0.462 e. The molecule has 0 bridgehead atoms. The molecule has 140 valence electrons. The first-order chi connectivity index (χ1) is 12.3. The van der Waals surface area contributed by atoms with Crippen molar-refractivity contribution in [3.63, 3.8) is 0 Å². The molecule has 0 saturated carbocycles.